The van der Waals surface area contributed by atoms with Crippen LogP contribution in [0, 0.1) is 0 Å². The molecule has 4 nitrogen and oxygen atoms in total. The van der Waals surface area contributed by atoms with E-state index in [9.17, 15) is 14.7 Å². The second kappa shape index (κ2) is 7.91. The average Bonchev–Trinajstić information content (AvgIpc) is 2.16. The van der Waals surface area contributed by atoms with Gasteiger partial charge in [0.2, 0.25) is 0 Å². The minimum Gasteiger partial charge on any atom is -0.875 e. The first-order valence-electron chi connectivity index (χ1n) is 5.71. The van der Waals surface area contributed by atoms with E-state index in [1.807, 2.05) is 0 Å². The van der Waals surface area contributed by atoms with Crippen LogP contribution in [-0.4, -0.2) is 11.7 Å². The van der Waals surface area contributed by atoms with Gasteiger partial charge in [0.15, 0.2) is 5.78 Å². The second-order valence-corrected chi connectivity index (χ2v) is 3.88. The van der Waals surface area contributed by atoms with Crippen molar-refractivity contribution in [2.75, 3.05) is 0 Å². The monoisotopic (exact) mass is 226 g/mol. The van der Waals surface area contributed by atoms with Crippen LogP contribution < -0.4 is 10.8 Å². The number of carbonyl (C=O) groups is 2. The number of Topliss-reactive ketones (excluding diaryl/α,β-unsaturated/α-hetero) is 1. The van der Waals surface area contributed by atoms with Gasteiger partial charge in [0, 0.05) is 0 Å². The predicted octanol–water partition coefficient (Wildman–Crippen LogP) is 1.04. The van der Waals surface area contributed by atoms with Gasteiger partial charge >= 0.3 is 0 Å². The summed E-state index contributed by atoms with van der Waals surface area (Å²) < 4.78 is 0. The summed E-state index contributed by atoms with van der Waals surface area (Å²) in [7, 11) is 0. The Morgan fingerprint density at radius 3 is 2.12 bits per heavy atom. The lowest BCUT2D eigenvalue weighted by atomic mass is 10.1. The van der Waals surface area contributed by atoms with Gasteiger partial charge in [-0.3, -0.25) is 9.59 Å². The smallest absolute Gasteiger partial charge is 0.251 e. The minimum absolute atomic E-state index is 0.238. The number of nitrogens with two attached hydrogens (primary N) is 1. The van der Waals surface area contributed by atoms with Crippen molar-refractivity contribution in [1.82, 2.24) is 0 Å². The van der Waals surface area contributed by atoms with Crippen molar-refractivity contribution >= 4 is 11.7 Å². The van der Waals surface area contributed by atoms with E-state index in [2.05, 4.69) is 6.92 Å². The van der Waals surface area contributed by atoms with Crippen molar-refractivity contribution in [1.29, 1.82) is 0 Å². The van der Waals surface area contributed by atoms with E-state index in [0.29, 0.717) is 6.42 Å². The van der Waals surface area contributed by atoms with Crippen molar-refractivity contribution in [3.8, 4) is 0 Å². The Hall–Kier alpha value is -1.32. The van der Waals surface area contributed by atoms with Gasteiger partial charge in [-0.15, -0.1) is 5.76 Å². The largest absolute Gasteiger partial charge is 0.875 e. The van der Waals surface area contributed by atoms with Crippen LogP contribution in [0.5, 0.6) is 0 Å². The molecule has 92 valence electrons. The zero-order chi connectivity index (χ0) is 12.6. The van der Waals surface area contributed by atoms with Crippen molar-refractivity contribution in [2.24, 2.45) is 5.73 Å². The fourth-order valence-electron chi connectivity index (χ4n) is 1.52. The topological polar surface area (TPSA) is 83.2 Å². The SMILES string of the molecule is CCCCCCC/C([O-])=C(/C(C)=O)C(N)=O. The van der Waals surface area contributed by atoms with Crippen molar-refractivity contribution in [3.05, 3.63) is 11.3 Å². The van der Waals surface area contributed by atoms with E-state index in [1.165, 1.54) is 6.92 Å². The van der Waals surface area contributed by atoms with E-state index in [0.717, 1.165) is 25.7 Å². The number of hydrogen-bond acceptors (Lipinski definition) is 3. The van der Waals surface area contributed by atoms with Gasteiger partial charge < -0.3 is 10.8 Å². The van der Waals surface area contributed by atoms with E-state index < -0.39 is 17.4 Å². The zero-order valence-corrected chi connectivity index (χ0v) is 10.0. The molecular formula is C12H20NO3-. The van der Waals surface area contributed by atoms with E-state index >= 15 is 0 Å². The summed E-state index contributed by atoms with van der Waals surface area (Å²) in [5.74, 6) is -1.87. The molecule has 0 fully saturated rings. The molecular weight excluding hydrogens is 206 g/mol. The van der Waals surface area contributed by atoms with Crippen LogP contribution in [0.25, 0.3) is 0 Å². The fourth-order valence-corrected chi connectivity index (χ4v) is 1.52. The van der Waals surface area contributed by atoms with Crippen molar-refractivity contribution in [2.45, 2.75) is 52.4 Å². The molecule has 0 rings (SSSR count). The molecule has 0 spiro atoms. The molecule has 0 aliphatic carbocycles. The number of ketones is 1. The molecule has 0 bridgehead atoms. The van der Waals surface area contributed by atoms with Gasteiger partial charge in [-0.05, 0) is 13.3 Å². The fraction of sp³-hybridized carbons (Fsp3) is 0.667. The van der Waals surface area contributed by atoms with Gasteiger partial charge in [-0.2, -0.15) is 0 Å². The molecule has 0 aliphatic heterocycles. The second-order valence-electron chi connectivity index (χ2n) is 3.88. The molecule has 2 N–H and O–H groups in total. The minimum atomic E-state index is -0.911. The lowest BCUT2D eigenvalue weighted by molar-refractivity contribution is -0.307. The Morgan fingerprint density at radius 2 is 1.69 bits per heavy atom. The molecule has 0 aliphatic rings. The predicted molar refractivity (Wildman–Crippen MR) is 60.3 cm³/mol. The third kappa shape index (κ3) is 5.53. The maximum atomic E-state index is 11.5. The quantitative estimate of drug-likeness (QED) is 0.221. The maximum absolute atomic E-state index is 11.5. The summed E-state index contributed by atoms with van der Waals surface area (Å²) >= 11 is 0. The van der Waals surface area contributed by atoms with Crippen LogP contribution in [0.3, 0.4) is 0 Å². The maximum Gasteiger partial charge on any atom is 0.251 e. The van der Waals surface area contributed by atoms with Crippen LogP contribution in [0.15, 0.2) is 11.3 Å². The molecule has 0 saturated carbocycles. The molecule has 1 amide bonds. The molecule has 0 heterocycles. The van der Waals surface area contributed by atoms with Gasteiger partial charge in [0.1, 0.15) is 0 Å². The Bertz CT molecular complexity index is 266. The first-order valence-corrected chi connectivity index (χ1v) is 5.71. The Balaban J connectivity index is 4.18. The molecule has 4 heteroatoms. The molecule has 0 aromatic heterocycles. The summed E-state index contributed by atoms with van der Waals surface area (Å²) in [6.45, 7) is 3.30. The number of primary amides is 1. The summed E-state index contributed by atoms with van der Waals surface area (Å²) in [5, 5.41) is 11.5. The molecule has 0 unspecified atom stereocenters. The number of hydrogen-bond donors (Lipinski definition) is 1. The number of carbonyl (C=O) groups excluding carboxylic acids is 2. The Kier molecular flexibility index (Phi) is 7.25. The van der Waals surface area contributed by atoms with Crippen LogP contribution in [0.2, 0.25) is 0 Å². The Morgan fingerprint density at radius 1 is 1.12 bits per heavy atom. The normalized spacial score (nSPS) is 12.1. The van der Waals surface area contributed by atoms with E-state index in [4.69, 9.17) is 5.73 Å². The molecule has 0 aromatic rings. The van der Waals surface area contributed by atoms with E-state index in [1.54, 1.807) is 0 Å². The van der Waals surface area contributed by atoms with Crippen molar-refractivity contribution in [3.63, 3.8) is 0 Å². The average molecular weight is 226 g/mol. The lowest BCUT2D eigenvalue weighted by Crippen LogP contribution is -2.25. The van der Waals surface area contributed by atoms with Crippen LogP contribution in [0.1, 0.15) is 52.4 Å². The third-order valence-electron chi connectivity index (χ3n) is 2.38. The zero-order valence-electron chi connectivity index (χ0n) is 10.0. The molecule has 0 atom stereocenters. The van der Waals surface area contributed by atoms with Gasteiger partial charge in [-0.25, -0.2) is 0 Å². The summed E-state index contributed by atoms with van der Waals surface area (Å²) in [6.07, 6.45) is 5.26. The Labute approximate surface area is 96.5 Å². The molecule has 0 aromatic carbocycles. The molecule has 0 saturated heterocycles. The van der Waals surface area contributed by atoms with Gasteiger partial charge in [0.25, 0.3) is 5.91 Å². The highest BCUT2D eigenvalue weighted by Crippen LogP contribution is 2.11. The molecule has 16 heavy (non-hydrogen) atoms. The summed E-state index contributed by atoms with van der Waals surface area (Å²) in [4.78, 5) is 21.9. The summed E-state index contributed by atoms with van der Waals surface area (Å²) in [5.41, 5.74) is 4.61. The van der Waals surface area contributed by atoms with Crippen LogP contribution >= 0.6 is 0 Å². The number of allylic oxidation sites excluding steroid dienone is 1. The standard InChI is InChI=1S/C12H21NO3/c1-3-4-5-6-7-8-10(15)11(9(2)14)12(13)16/h15H,3-8H2,1-2H3,(H2,13,16)/p-1/b11-10+. The highest BCUT2D eigenvalue weighted by atomic mass is 16.3. The first-order chi connectivity index (χ1) is 7.50. The summed E-state index contributed by atoms with van der Waals surface area (Å²) in [6, 6.07) is 0. The number of unbranched alkanes of at least 4 members (excludes halogenated alkanes) is 4. The lowest BCUT2D eigenvalue weighted by Gasteiger charge is -2.15. The van der Waals surface area contributed by atoms with Crippen LogP contribution in [0.4, 0.5) is 0 Å². The van der Waals surface area contributed by atoms with E-state index in [-0.39, 0.29) is 12.0 Å². The third-order valence-corrected chi connectivity index (χ3v) is 2.38. The molecule has 0 radical (unpaired) electrons. The highest BCUT2D eigenvalue weighted by Gasteiger charge is 2.11. The van der Waals surface area contributed by atoms with Crippen molar-refractivity contribution < 1.29 is 14.7 Å². The highest BCUT2D eigenvalue weighted by molar-refractivity contribution is 6.18. The van der Waals surface area contributed by atoms with Gasteiger partial charge in [-0.1, -0.05) is 39.0 Å². The van der Waals surface area contributed by atoms with Gasteiger partial charge in [0.05, 0.1) is 5.57 Å². The first kappa shape index (κ1) is 14.7. The number of rotatable bonds is 8. The number of amides is 1. The van der Waals surface area contributed by atoms with Crippen LogP contribution in [-0.2, 0) is 9.59 Å².